The Morgan fingerprint density at radius 3 is 2.89 bits per heavy atom. The third-order valence-corrected chi connectivity index (χ3v) is 4.91. The molecule has 1 aromatic heterocycles. The van der Waals surface area contributed by atoms with Gasteiger partial charge in [0, 0.05) is 21.1 Å². The van der Waals surface area contributed by atoms with Gasteiger partial charge in [0.05, 0.1) is 6.10 Å². The summed E-state index contributed by atoms with van der Waals surface area (Å²) in [6.07, 6.45) is 5.44. The number of halogens is 1. The number of nitrogens with one attached hydrogen (secondary N) is 1. The van der Waals surface area contributed by atoms with E-state index in [0.29, 0.717) is 5.92 Å². The smallest absolute Gasteiger partial charge is 0.0571 e. The van der Waals surface area contributed by atoms with E-state index >= 15 is 0 Å². The number of rotatable bonds is 2. The number of aromatic nitrogens is 1. The second-order valence-electron chi connectivity index (χ2n) is 5.73. The van der Waals surface area contributed by atoms with E-state index in [-0.39, 0.29) is 6.10 Å². The van der Waals surface area contributed by atoms with Gasteiger partial charge in [-0.05, 0) is 49.8 Å². The summed E-state index contributed by atoms with van der Waals surface area (Å²) >= 11 is 3.51. The van der Waals surface area contributed by atoms with Gasteiger partial charge in [-0.15, -0.1) is 0 Å². The Labute approximate surface area is 122 Å². The average molecular weight is 322 g/mol. The Morgan fingerprint density at radius 1 is 1.32 bits per heavy atom. The van der Waals surface area contributed by atoms with Gasteiger partial charge < -0.3 is 10.1 Å². The van der Waals surface area contributed by atoms with Crippen LogP contribution >= 0.6 is 15.9 Å². The van der Waals surface area contributed by atoms with Crippen molar-refractivity contribution in [1.82, 2.24) is 4.98 Å². The van der Waals surface area contributed by atoms with Crippen LogP contribution in [0.4, 0.5) is 0 Å². The molecule has 2 atom stereocenters. The summed E-state index contributed by atoms with van der Waals surface area (Å²) in [5.41, 5.74) is 3.81. The van der Waals surface area contributed by atoms with Gasteiger partial charge in [-0.1, -0.05) is 34.8 Å². The standard InChI is InChI=1S/C16H20BrNO/c1-10-14(8-11-4-2-3-5-16(11)19)13-7-6-12(17)9-15(13)18-10/h6-7,9,11,16,18-19H,2-5,8H2,1H3. The maximum absolute atomic E-state index is 10.2. The van der Waals surface area contributed by atoms with Crippen LogP contribution in [-0.2, 0) is 6.42 Å². The number of H-pyrrole nitrogens is 1. The highest BCUT2D eigenvalue weighted by Crippen LogP contribution is 2.32. The Balaban J connectivity index is 1.93. The molecule has 2 aromatic rings. The molecule has 2 N–H and O–H groups in total. The summed E-state index contributed by atoms with van der Waals surface area (Å²) in [5.74, 6) is 0.426. The zero-order valence-corrected chi connectivity index (χ0v) is 12.8. The van der Waals surface area contributed by atoms with Crippen LogP contribution < -0.4 is 0 Å². The van der Waals surface area contributed by atoms with E-state index in [2.05, 4.69) is 46.0 Å². The molecule has 0 aliphatic heterocycles. The van der Waals surface area contributed by atoms with Crippen molar-refractivity contribution >= 4 is 26.8 Å². The summed E-state index contributed by atoms with van der Waals surface area (Å²) in [4.78, 5) is 3.46. The van der Waals surface area contributed by atoms with Crippen molar-refractivity contribution in [3.8, 4) is 0 Å². The van der Waals surface area contributed by atoms with Gasteiger partial charge in [-0.2, -0.15) is 0 Å². The fourth-order valence-corrected chi connectivity index (χ4v) is 3.68. The average Bonchev–Trinajstić information content (AvgIpc) is 2.68. The van der Waals surface area contributed by atoms with E-state index in [9.17, 15) is 5.11 Å². The maximum Gasteiger partial charge on any atom is 0.0571 e. The van der Waals surface area contributed by atoms with E-state index < -0.39 is 0 Å². The first-order valence-electron chi connectivity index (χ1n) is 7.10. The van der Waals surface area contributed by atoms with Crippen molar-refractivity contribution in [2.45, 2.75) is 45.1 Å². The number of aliphatic hydroxyl groups excluding tert-OH is 1. The lowest BCUT2D eigenvalue weighted by molar-refractivity contribution is 0.0701. The third kappa shape index (κ3) is 2.59. The topological polar surface area (TPSA) is 36.0 Å². The molecule has 3 heteroatoms. The van der Waals surface area contributed by atoms with Gasteiger partial charge in [0.1, 0.15) is 0 Å². The van der Waals surface area contributed by atoms with Gasteiger partial charge in [-0.25, -0.2) is 0 Å². The molecule has 0 spiro atoms. The van der Waals surface area contributed by atoms with Gasteiger partial charge >= 0.3 is 0 Å². The van der Waals surface area contributed by atoms with E-state index in [1.165, 1.54) is 35.0 Å². The summed E-state index contributed by atoms with van der Waals surface area (Å²) in [6, 6.07) is 6.40. The molecule has 19 heavy (non-hydrogen) atoms. The molecule has 1 saturated carbocycles. The minimum atomic E-state index is -0.117. The Hall–Kier alpha value is -0.800. The van der Waals surface area contributed by atoms with E-state index in [0.717, 1.165) is 23.7 Å². The second-order valence-corrected chi connectivity index (χ2v) is 6.65. The van der Waals surface area contributed by atoms with E-state index in [4.69, 9.17) is 0 Å². The monoisotopic (exact) mass is 321 g/mol. The molecule has 0 bridgehead atoms. The summed E-state index contributed by atoms with van der Waals surface area (Å²) in [5, 5.41) is 11.5. The van der Waals surface area contributed by atoms with Crippen molar-refractivity contribution in [1.29, 1.82) is 0 Å². The minimum Gasteiger partial charge on any atom is -0.393 e. The number of hydrogen-bond donors (Lipinski definition) is 2. The van der Waals surface area contributed by atoms with E-state index in [1.54, 1.807) is 0 Å². The van der Waals surface area contributed by atoms with E-state index in [1.807, 2.05) is 0 Å². The van der Waals surface area contributed by atoms with Crippen LogP contribution in [0.3, 0.4) is 0 Å². The van der Waals surface area contributed by atoms with Gasteiger partial charge in [0.15, 0.2) is 0 Å². The highest BCUT2D eigenvalue weighted by molar-refractivity contribution is 9.10. The normalized spacial score (nSPS) is 23.9. The fourth-order valence-electron chi connectivity index (χ4n) is 3.31. The molecule has 1 aliphatic carbocycles. The van der Waals surface area contributed by atoms with Crippen molar-refractivity contribution in [2.24, 2.45) is 5.92 Å². The first kappa shape index (κ1) is 13.2. The van der Waals surface area contributed by atoms with Crippen molar-refractivity contribution in [2.75, 3.05) is 0 Å². The molecule has 1 fully saturated rings. The third-order valence-electron chi connectivity index (χ3n) is 4.42. The number of aromatic amines is 1. The van der Waals surface area contributed by atoms with Crippen LogP contribution in [0, 0.1) is 12.8 Å². The second kappa shape index (κ2) is 5.29. The molecule has 0 saturated heterocycles. The number of benzene rings is 1. The van der Waals surface area contributed by atoms with Gasteiger partial charge in [-0.3, -0.25) is 0 Å². The van der Waals surface area contributed by atoms with Crippen LogP contribution in [-0.4, -0.2) is 16.2 Å². The molecule has 3 rings (SSSR count). The zero-order valence-electron chi connectivity index (χ0n) is 11.2. The molecule has 2 nitrogen and oxygen atoms in total. The highest BCUT2D eigenvalue weighted by atomic mass is 79.9. The SMILES string of the molecule is Cc1[nH]c2cc(Br)ccc2c1CC1CCCCC1O. The number of aliphatic hydroxyl groups is 1. The number of fused-ring (bicyclic) bond motifs is 1. The van der Waals surface area contributed by atoms with Crippen molar-refractivity contribution in [3.63, 3.8) is 0 Å². The lowest BCUT2D eigenvalue weighted by Gasteiger charge is -2.27. The molecular formula is C16H20BrNO. The van der Waals surface area contributed by atoms with Crippen LogP contribution in [0.25, 0.3) is 10.9 Å². The molecule has 1 aromatic carbocycles. The van der Waals surface area contributed by atoms with Crippen LogP contribution in [0.5, 0.6) is 0 Å². The molecule has 1 heterocycles. The largest absolute Gasteiger partial charge is 0.393 e. The van der Waals surface area contributed by atoms with Crippen molar-refractivity contribution < 1.29 is 5.11 Å². The lowest BCUT2D eigenvalue weighted by Crippen LogP contribution is -2.26. The lowest BCUT2D eigenvalue weighted by atomic mass is 9.82. The zero-order chi connectivity index (χ0) is 13.4. The molecule has 0 radical (unpaired) electrons. The fraction of sp³-hybridized carbons (Fsp3) is 0.500. The van der Waals surface area contributed by atoms with Gasteiger partial charge in [0.25, 0.3) is 0 Å². The first-order valence-corrected chi connectivity index (χ1v) is 7.89. The van der Waals surface area contributed by atoms with Crippen molar-refractivity contribution in [3.05, 3.63) is 33.9 Å². The molecule has 102 valence electrons. The molecule has 2 unspecified atom stereocenters. The Bertz CT molecular complexity index is 590. The molecule has 1 aliphatic rings. The predicted molar refractivity (Wildman–Crippen MR) is 82.4 cm³/mol. The number of hydrogen-bond acceptors (Lipinski definition) is 1. The minimum absolute atomic E-state index is 0.117. The molecule has 0 amide bonds. The number of aryl methyl sites for hydroxylation is 1. The Kier molecular flexibility index (Phi) is 3.68. The summed E-state index contributed by atoms with van der Waals surface area (Å²) in [7, 11) is 0. The first-order chi connectivity index (χ1) is 9.15. The van der Waals surface area contributed by atoms with Gasteiger partial charge in [0.2, 0.25) is 0 Å². The van der Waals surface area contributed by atoms with Crippen LogP contribution in [0.15, 0.2) is 22.7 Å². The summed E-state index contributed by atoms with van der Waals surface area (Å²) in [6.45, 7) is 2.14. The van der Waals surface area contributed by atoms with Crippen LogP contribution in [0.2, 0.25) is 0 Å². The molecular weight excluding hydrogens is 302 g/mol. The predicted octanol–water partition coefficient (Wildman–Crippen LogP) is 4.33. The highest BCUT2D eigenvalue weighted by Gasteiger charge is 2.24. The summed E-state index contributed by atoms with van der Waals surface area (Å²) < 4.78 is 1.10. The maximum atomic E-state index is 10.2. The van der Waals surface area contributed by atoms with Crippen LogP contribution in [0.1, 0.15) is 36.9 Å². The quantitative estimate of drug-likeness (QED) is 0.848. The Morgan fingerprint density at radius 2 is 2.11 bits per heavy atom.